The zero-order valence-electron chi connectivity index (χ0n) is 12.1. The monoisotopic (exact) mass is 288 g/mol. The minimum Gasteiger partial charge on any atom is -0.481 e. The van der Waals surface area contributed by atoms with Gasteiger partial charge in [0.2, 0.25) is 5.91 Å². The van der Waals surface area contributed by atoms with Crippen LogP contribution in [-0.4, -0.2) is 35.0 Å². The second kappa shape index (κ2) is 4.48. The van der Waals surface area contributed by atoms with Crippen LogP contribution < -0.4 is 5.73 Å². The number of carboxylic acid groups (broad SMARTS) is 1. The molecular formula is C16H20N2O3. The van der Waals surface area contributed by atoms with Crippen molar-refractivity contribution in [2.24, 2.45) is 5.41 Å². The number of rotatable bonds is 3. The van der Waals surface area contributed by atoms with Gasteiger partial charge in [-0.05, 0) is 43.9 Å². The van der Waals surface area contributed by atoms with Crippen molar-refractivity contribution in [2.75, 3.05) is 18.8 Å². The lowest BCUT2D eigenvalue weighted by Gasteiger charge is -2.25. The van der Waals surface area contributed by atoms with Gasteiger partial charge in [0.1, 0.15) is 0 Å². The number of carbonyl (C=O) groups is 2. The number of nitrogens with zero attached hydrogens (tertiary/aromatic N) is 1. The summed E-state index contributed by atoms with van der Waals surface area (Å²) in [7, 11) is 0. The summed E-state index contributed by atoms with van der Waals surface area (Å²) in [4.78, 5) is 25.9. The summed E-state index contributed by atoms with van der Waals surface area (Å²) < 4.78 is 0. The quantitative estimate of drug-likeness (QED) is 0.828. The number of carboxylic acids is 1. The Labute approximate surface area is 123 Å². The van der Waals surface area contributed by atoms with Crippen LogP contribution in [0.15, 0.2) is 24.3 Å². The molecule has 1 aliphatic heterocycles. The van der Waals surface area contributed by atoms with Gasteiger partial charge >= 0.3 is 5.97 Å². The maximum absolute atomic E-state index is 12.8. The number of hydrogen-bond donors (Lipinski definition) is 2. The second-order valence-electron chi connectivity index (χ2n) is 6.55. The zero-order chi connectivity index (χ0) is 15.3. The molecule has 1 aromatic rings. The Morgan fingerprint density at radius 2 is 1.81 bits per heavy atom. The van der Waals surface area contributed by atoms with Crippen molar-refractivity contribution >= 4 is 17.6 Å². The molecule has 1 heterocycles. The molecule has 3 rings (SSSR count). The molecule has 0 spiro atoms. The van der Waals surface area contributed by atoms with Crippen molar-refractivity contribution in [1.82, 2.24) is 4.90 Å². The Morgan fingerprint density at radius 1 is 1.19 bits per heavy atom. The Morgan fingerprint density at radius 3 is 2.29 bits per heavy atom. The molecule has 21 heavy (non-hydrogen) atoms. The van der Waals surface area contributed by atoms with Gasteiger partial charge < -0.3 is 15.7 Å². The predicted octanol–water partition coefficient (Wildman–Crippen LogP) is 1.62. The molecule has 1 atom stereocenters. The SMILES string of the molecule is CC1(C(=O)O)CCN(C(=O)C2(c3ccc(N)cc3)CC2)C1. The van der Waals surface area contributed by atoms with Crippen LogP contribution in [0.5, 0.6) is 0 Å². The van der Waals surface area contributed by atoms with E-state index >= 15 is 0 Å². The van der Waals surface area contributed by atoms with Gasteiger partial charge in [-0.25, -0.2) is 0 Å². The maximum atomic E-state index is 12.8. The minimum atomic E-state index is -0.824. The molecule has 112 valence electrons. The molecule has 1 aromatic carbocycles. The average Bonchev–Trinajstić information content (AvgIpc) is 3.16. The molecule has 5 nitrogen and oxygen atoms in total. The Kier molecular flexibility index (Phi) is 2.97. The molecule has 0 aromatic heterocycles. The molecule has 1 unspecified atom stereocenters. The molecule has 5 heteroatoms. The number of nitrogen functional groups attached to an aromatic ring is 1. The van der Waals surface area contributed by atoms with Crippen LogP contribution in [0, 0.1) is 5.41 Å². The van der Waals surface area contributed by atoms with Crippen LogP contribution in [-0.2, 0) is 15.0 Å². The summed E-state index contributed by atoms with van der Waals surface area (Å²) in [6.45, 7) is 2.54. The normalized spacial score (nSPS) is 26.6. The standard InChI is InChI=1S/C16H20N2O3/c1-15(14(20)21)8-9-18(10-15)13(19)16(6-7-16)11-2-4-12(17)5-3-11/h2-5H,6-10,17H2,1H3,(H,20,21). The molecule has 0 radical (unpaired) electrons. The van der Waals surface area contributed by atoms with Gasteiger partial charge in [-0.2, -0.15) is 0 Å². The molecule has 1 aliphatic carbocycles. The van der Waals surface area contributed by atoms with Gasteiger partial charge in [0.05, 0.1) is 10.8 Å². The van der Waals surface area contributed by atoms with Gasteiger partial charge in [0.15, 0.2) is 0 Å². The fourth-order valence-corrected chi connectivity index (χ4v) is 3.16. The third-order valence-corrected chi connectivity index (χ3v) is 4.90. The minimum absolute atomic E-state index is 0.0669. The summed E-state index contributed by atoms with van der Waals surface area (Å²) in [5, 5.41) is 9.29. The van der Waals surface area contributed by atoms with Crippen molar-refractivity contribution in [2.45, 2.75) is 31.6 Å². The van der Waals surface area contributed by atoms with Crippen molar-refractivity contribution < 1.29 is 14.7 Å². The summed E-state index contributed by atoms with van der Waals surface area (Å²) in [6.07, 6.45) is 2.18. The van der Waals surface area contributed by atoms with Crippen molar-refractivity contribution in [3.05, 3.63) is 29.8 Å². The molecule has 0 bridgehead atoms. The van der Waals surface area contributed by atoms with Crippen LogP contribution in [0.2, 0.25) is 0 Å². The van der Waals surface area contributed by atoms with E-state index in [9.17, 15) is 14.7 Å². The molecule has 1 saturated heterocycles. The van der Waals surface area contributed by atoms with Crippen molar-refractivity contribution in [3.63, 3.8) is 0 Å². The average molecular weight is 288 g/mol. The van der Waals surface area contributed by atoms with Crippen LogP contribution in [0.25, 0.3) is 0 Å². The largest absolute Gasteiger partial charge is 0.481 e. The van der Waals surface area contributed by atoms with E-state index in [1.807, 2.05) is 24.3 Å². The highest BCUT2D eigenvalue weighted by Crippen LogP contribution is 2.50. The number of carbonyl (C=O) groups excluding carboxylic acids is 1. The number of likely N-dealkylation sites (tertiary alicyclic amines) is 1. The summed E-state index contributed by atoms with van der Waals surface area (Å²) in [5.41, 5.74) is 6.11. The summed E-state index contributed by atoms with van der Waals surface area (Å²) in [5.74, 6) is -0.757. The van der Waals surface area contributed by atoms with Crippen LogP contribution >= 0.6 is 0 Å². The molecular weight excluding hydrogens is 268 g/mol. The second-order valence-corrected chi connectivity index (χ2v) is 6.55. The van der Waals surface area contributed by atoms with Gasteiger partial charge in [0.25, 0.3) is 0 Å². The maximum Gasteiger partial charge on any atom is 0.311 e. The number of benzene rings is 1. The highest BCUT2D eigenvalue weighted by Gasteiger charge is 2.55. The molecule has 2 aliphatic rings. The van der Waals surface area contributed by atoms with E-state index in [4.69, 9.17) is 5.73 Å². The van der Waals surface area contributed by atoms with E-state index in [-0.39, 0.29) is 5.91 Å². The van der Waals surface area contributed by atoms with Gasteiger partial charge in [-0.15, -0.1) is 0 Å². The topological polar surface area (TPSA) is 83.6 Å². The third-order valence-electron chi connectivity index (χ3n) is 4.90. The molecule has 1 saturated carbocycles. The Balaban J connectivity index is 1.80. The number of amides is 1. The number of nitrogens with two attached hydrogens (primary N) is 1. The van der Waals surface area contributed by atoms with E-state index < -0.39 is 16.8 Å². The first-order valence-electron chi connectivity index (χ1n) is 7.26. The molecule has 1 amide bonds. The Bertz CT molecular complexity index is 592. The lowest BCUT2D eigenvalue weighted by Crippen LogP contribution is -2.40. The number of aliphatic carboxylic acids is 1. The van der Waals surface area contributed by atoms with Crippen molar-refractivity contribution in [3.8, 4) is 0 Å². The van der Waals surface area contributed by atoms with Gasteiger partial charge in [-0.3, -0.25) is 9.59 Å². The van der Waals surface area contributed by atoms with E-state index in [2.05, 4.69) is 0 Å². The van der Waals surface area contributed by atoms with E-state index in [0.717, 1.165) is 18.4 Å². The molecule has 2 fully saturated rings. The van der Waals surface area contributed by atoms with Gasteiger partial charge in [0, 0.05) is 18.8 Å². The summed E-state index contributed by atoms with van der Waals surface area (Å²) in [6, 6.07) is 7.45. The smallest absolute Gasteiger partial charge is 0.311 e. The highest BCUT2D eigenvalue weighted by atomic mass is 16.4. The fourth-order valence-electron chi connectivity index (χ4n) is 3.16. The molecule has 3 N–H and O–H groups in total. The first-order valence-corrected chi connectivity index (χ1v) is 7.26. The zero-order valence-corrected chi connectivity index (χ0v) is 12.1. The highest BCUT2D eigenvalue weighted by molar-refractivity contribution is 5.92. The van der Waals surface area contributed by atoms with Crippen LogP contribution in [0.4, 0.5) is 5.69 Å². The van der Waals surface area contributed by atoms with E-state index in [0.29, 0.717) is 25.2 Å². The van der Waals surface area contributed by atoms with E-state index in [1.165, 1.54) is 0 Å². The first-order chi connectivity index (χ1) is 9.87. The lowest BCUT2D eigenvalue weighted by molar-refractivity contribution is -0.147. The number of anilines is 1. The third kappa shape index (κ3) is 2.17. The van der Waals surface area contributed by atoms with Crippen molar-refractivity contribution in [1.29, 1.82) is 0 Å². The van der Waals surface area contributed by atoms with E-state index in [1.54, 1.807) is 11.8 Å². The van der Waals surface area contributed by atoms with Crippen LogP contribution in [0.3, 0.4) is 0 Å². The summed E-state index contributed by atoms with van der Waals surface area (Å²) >= 11 is 0. The Hall–Kier alpha value is -2.04. The number of hydrogen-bond acceptors (Lipinski definition) is 3. The predicted molar refractivity (Wildman–Crippen MR) is 78.7 cm³/mol. The van der Waals surface area contributed by atoms with Gasteiger partial charge in [-0.1, -0.05) is 12.1 Å². The fraction of sp³-hybridized carbons (Fsp3) is 0.500. The van der Waals surface area contributed by atoms with Crippen LogP contribution in [0.1, 0.15) is 31.7 Å². The lowest BCUT2D eigenvalue weighted by atomic mass is 9.90. The first kappa shape index (κ1) is 13.9.